The van der Waals surface area contributed by atoms with Gasteiger partial charge in [0.25, 0.3) is 0 Å². The van der Waals surface area contributed by atoms with E-state index >= 15 is 0 Å². The Morgan fingerprint density at radius 2 is 1.62 bits per heavy atom. The van der Waals surface area contributed by atoms with E-state index in [1.54, 1.807) is 7.11 Å². The minimum absolute atomic E-state index is 0.761. The average Bonchev–Trinajstić information content (AvgIpc) is 2.80. The molecule has 1 saturated heterocycles. The molecule has 0 N–H and O–H groups in total. The molecule has 2 aromatic rings. The number of allylic oxidation sites excluding steroid dienone is 2. The number of hydrogen-bond donors (Lipinski definition) is 0. The fourth-order valence-electron chi connectivity index (χ4n) is 4.21. The highest BCUT2D eigenvalue weighted by Gasteiger charge is 2.33. The molecule has 5 heteroatoms. The van der Waals surface area contributed by atoms with Gasteiger partial charge in [0, 0.05) is 36.5 Å². The van der Waals surface area contributed by atoms with E-state index in [4.69, 9.17) is 21.1 Å². The summed E-state index contributed by atoms with van der Waals surface area (Å²) in [4.78, 5) is 2.48. The van der Waals surface area contributed by atoms with Crippen LogP contribution in [0.3, 0.4) is 0 Å². The van der Waals surface area contributed by atoms with Crippen LogP contribution in [0.15, 0.2) is 77.2 Å². The van der Waals surface area contributed by atoms with Gasteiger partial charge in [0.1, 0.15) is 6.26 Å². The molecule has 1 fully saturated rings. The fraction of sp³-hybridized carbons (Fsp3) is 0.333. The Balaban J connectivity index is 1.88. The zero-order valence-electron chi connectivity index (χ0n) is 16.9. The van der Waals surface area contributed by atoms with Crippen LogP contribution in [0, 0.1) is 0 Å². The molecular weight excluding hydrogens is 397 g/mol. The number of hydrogen-bond acceptors (Lipinski definition) is 4. The summed E-state index contributed by atoms with van der Waals surface area (Å²) in [6.45, 7) is 3.32. The van der Waals surface area contributed by atoms with Gasteiger partial charge in [0.2, 0.25) is 0 Å². The normalized spacial score (nSPS) is 21.3. The minimum Gasteiger partial charge on any atom is -0.378 e. The Morgan fingerprint density at radius 1 is 0.966 bits per heavy atom. The zero-order chi connectivity index (χ0) is 20.1. The summed E-state index contributed by atoms with van der Waals surface area (Å²) in [7, 11) is 1.78. The van der Waals surface area contributed by atoms with Crippen molar-refractivity contribution in [1.29, 1.82) is 0 Å². The third kappa shape index (κ3) is 4.41. The lowest BCUT2D eigenvalue weighted by Crippen LogP contribution is -2.37. The van der Waals surface area contributed by atoms with E-state index in [0.29, 0.717) is 0 Å². The molecule has 2 aliphatic rings. The van der Waals surface area contributed by atoms with E-state index in [1.165, 1.54) is 22.1 Å². The lowest BCUT2D eigenvalue weighted by molar-refractivity contribution is 0.0539. The van der Waals surface area contributed by atoms with Crippen LogP contribution in [-0.4, -0.2) is 38.3 Å². The highest BCUT2D eigenvalue weighted by molar-refractivity contribution is 8.17. The Labute approximate surface area is 179 Å². The summed E-state index contributed by atoms with van der Waals surface area (Å²) in [6.07, 6.45) is 3.21. The van der Waals surface area contributed by atoms with Gasteiger partial charge >= 0.3 is 0 Å². The van der Waals surface area contributed by atoms with Crippen molar-refractivity contribution in [3.8, 4) is 0 Å². The van der Waals surface area contributed by atoms with E-state index in [0.717, 1.165) is 50.9 Å². The van der Waals surface area contributed by atoms with E-state index in [2.05, 4.69) is 65.6 Å². The molecule has 152 valence electrons. The monoisotopic (exact) mass is 425 g/mol. The van der Waals surface area contributed by atoms with Gasteiger partial charge in [-0.2, -0.15) is 0 Å². The van der Waals surface area contributed by atoms with Crippen molar-refractivity contribution in [1.82, 2.24) is 4.90 Å². The molecule has 1 aliphatic carbocycles. The van der Waals surface area contributed by atoms with Crippen molar-refractivity contribution >= 4 is 29.5 Å². The molecule has 1 aliphatic heterocycles. The number of morpholine rings is 1. The largest absolute Gasteiger partial charge is 0.378 e. The van der Waals surface area contributed by atoms with Crippen molar-refractivity contribution in [2.24, 2.45) is 0 Å². The van der Waals surface area contributed by atoms with Crippen molar-refractivity contribution in [3.05, 3.63) is 82.8 Å². The smallest absolute Gasteiger partial charge is 0.121 e. The lowest BCUT2D eigenvalue weighted by atomic mass is 9.94. The van der Waals surface area contributed by atoms with Crippen LogP contribution in [0.25, 0.3) is 6.08 Å². The van der Waals surface area contributed by atoms with Gasteiger partial charge in [-0.15, -0.1) is 0 Å². The highest BCUT2D eigenvalue weighted by atomic mass is 32.4. The third-order valence-corrected chi connectivity index (χ3v) is 9.99. The molecule has 0 radical (unpaired) electrons. The molecule has 0 aromatic heterocycles. The summed E-state index contributed by atoms with van der Waals surface area (Å²) < 4.78 is 11.8. The van der Waals surface area contributed by atoms with Gasteiger partial charge in [-0.25, -0.2) is 0 Å². The van der Waals surface area contributed by atoms with Crippen molar-refractivity contribution in [3.63, 3.8) is 0 Å². The van der Waals surface area contributed by atoms with Gasteiger partial charge in [-0.1, -0.05) is 72.5 Å². The molecule has 0 amide bonds. The number of rotatable bonds is 5. The topological polar surface area (TPSA) is 21.7 Å². The van der Waals surface area contributed by atoms with E-state index in [9.17, 15) is 0 Å². The van der Waals surface area contributed by atoms with Crippen molar-refractivity contribution in [2.75, 3.05) is 33.4 Å². The van der Waals surface area contributed by atoms with Crippen LogP contribution in [0.2, 0.25) is 0 Å². The fourth-order valence-corrected chi connectivity index (χ4v) is 7.44. The highest BCUT2D eigenvalue weighted by Crippen LogP contribution is 2.59. The first kappa shape index (κ1) is 20.6. The second-order valence-corrected chi connectivity index (χ2v) is 11.5. The maximum absolute atomic E-state index is 6.30. The maximum Gasteiger partial charge on any atom is 0.121 e. The van der Waals surface area contributed by atoms with Crippen LogP contribution in [0.4, 0.5) is 0 Å². The Hall–Kier alpha value is -1.71. The predicted molar refractivity (Wildman–Crippen MR) is 125 cm³/mol. The molecule has 2 aromatic carbocycles. The van der Waals surface area contributed by atoms with Crippen LogP contribution in [-0.2, 0) is 21.1 Å². The lowest BCUT2D eigenvalue weighted by Gasteiger charge is -2.39. The van der Waals surface area contributed by atoms with E-state index in [1.807, 2.05) is 6.07 Å². The Bertz CT molecular complexity index is 934. The molecular formula is C24H28NO2PS. The summed E-state index contributed by atoms with van der Waals surface area (Å²) in [5.41, 5.74) is 3.93. The van der Waals surface area contributed by atoms with Gasteiger partial charge in [0.05, 0.1) is 13.2 Å². The average molecular weight is 426 g/mol. The minimum atomic E-state index is -2.30. The van der Waals surface area contributed by atoms with Crippen LogP contribution in [0.5, 0.6) is 0 Å². The summed E-state index contributed by atoms with van der Waals surface area (Å²) in [6, 6.07) is 21.0. The molecule has 1 unspecified atom stereocenters. The Morgan fingerprint density at radius 3 is 2.28 bits per heavy atom. The van der Waals surface area contributed by atoms with Gasteiger partial charge in [-0.3, -0.25) is 0 Å². The summed E-state index contributed by atoms with van der Waals surface area (Å²) >= 11 is 6.30. The zero-order valence-corrected chi connectivity index (χ0v) is 18.6. The van der Waals surface area contributed by atoms with Gasteiger partial charge < -0.3 is 14.2 Å². The first-order valence-corrected chi connectivity index (χ1v) is 13.0. The number of benzene rings is 2. The number of ether oxygens (including phenoxy) is 1. The van der Waals surface area contributed by atoms with Gasteiger partial charge in [0.15, 0.2) is 0 Å². The molecule has 3 nitrogen and oxygen atoms in total. The second-order valence-electron chi connectivity index (χ2n) is 7.40. The Kier molecular flexibility index (Phi) is 6.67. The first-order chi connectivity index (χ1) is 14.2. The summed E-state index contributed by atoms with van der Waals surface area (Å²) in [5.74, 6) is 0. The molecule has 0 spiro atoms. The predicted octanol–water partition coefficient (Wildman–Crippen LogP) is 5.16. The first-order valence-electron chi connectivity index (χ1n) is 10.3. The third-order valence-electron chi connectivity index (χ3n) is 5.61. The van der Waals surface area contributed by atoms with E-state index in [-0.39, 0.29) is 0 Å². The van der Waals surface area contributed by atoms with Crippen molar-refractivity contribution < 1.29 is 9.26 Å². The molecule has 0 bridgehead atoms. The van der Waals surface area contributed by atoms with Crippen LogP contribution < -0.4 is 5.30 Å². The summed E-state index contributed by atoms with van der Waals surface area (Å²) in [5, 5.41) is 2.45. The molecule has 0 saturated carbocycles. The SMILES string of the molecule is COP(=S)(C1=C(N2CCOCC2)/C(=C\c2ccccc2)CCC1)c1ccccc1. The van der Waals surface area contributed by atoms with E-state index < -0.39 is 6.26 Å². The molecule has 1 heterocycles. The molecule has 4 rings (SSSR count). The standard InChI is InChI=1S/C24H28NO2PS/c1-26-28(29,22-12-6-3-7-13-22)23-14-8-11-21(19-20-9-4-2-5-10-20)24(23)25-15-17-27-18-16-25/h2-7,9-10,12-13,19H,8,11,14-18H2,1H3/b21-19-. The quantitative estimate of drug-likeness (QED) is 0.617. The van der Waals surface area contributed by atoms with Crippen LogP contribution >= 0.6 is 6.26 Å². The number of nitrogens with zero attached hydrogens (tertiary/aromatic N) is 1. The molecule has 1 atom stereocenters. The van der Waals surface area contributed by atoms with Gasteiger partial charge in [-0.05, 0) is 36.5 Å². The maximum atomic E-state index is 6.30. The van der Waals surface area contributed by atoms with Crippen LogP contribution in [0.1, 0.15) is 24.8 Å². The molecule has 29 heavy (non-hydrogen) atoms. The van der Waals surface area contributed by atoms with Crippen molar-refractivity contribution in [2.45, 2.75) is 19.3 Å². The second kappa shape index (κ2) is 9.40.